The number of anilines is 2. The lowest BCUT2D eigenvalue weighted by Crippen LogP contribution is -2.31. The van der Waals surface area contributed by atoms with Gasteiger partial charge in [0.15, 0.2) is 0 Å². The molecule has 0 aliphatic heterocycles. The molecule has 8 nitrogen and oxygen atoms in total. The first-order chi connectivity index (χ1) is 13.5. The van der Waals surface area contributed by atoms with Crippen molar-refractivity contribution in [1.29, 1.82) is 0 Å². The van der Waals surface area contributed by atoms with E-state index in [2.05, 4.69) is 10.0 Å². The quantitative estimate of drug-likeness (QED) is 0.697. The molecule has 0 saturated heterocycles. The highest BCUT2D eigenvalue weighted by Crippen LogP contribution is 2.29. The van der Waals surface area contributed by atoms with E-state index in [0.717, 1.165) is 12.3 Å². The Morgan fingerprint density at radius 1 is 1.24 bits per heavy atom. The first-order valence-corrected chi connectivity index (χ1v) is 9.87. The highest BCUT2D eigenvalue weighted by atomic mass is 32.2. The summed E-state index contributed by atoms with van der Waals surface area (Å²) in [6.07, 6.45) is -3.76. The fourth-order valence-corrected chi connectivity index (χ4v) is 2.97. The number of ether oxygens (including phenoxy) is 1. The highest BCUT2D eigenvalue weighted by Gasteiger charge is 2.34. The third-order valence-corrected chi connectivity index (χ3v) is 5.06. The molecular formula is C17H18F3N3O5S. The number of aromatic nitrogens is 1. The van der Waals surface area contributed by atoms with Gasteiger partial charge in [-0.2, -0.15) is 13.2 Å². The highest BCUT2D eigenvalue weighted by molar-refractivity contribution is 7.92. The third-order valence-electron chi connectivity index (χ3n) is 3.77. The van der Waals surface area contributed by atoms with Crippen LogP contribution in [0.5, 0.6) is 5.75 Å². The van der Waals surface area contributed by atoms with Crippen molar-refractivity contribution in [2.45, 2.75) is 19.6 Å². The van der Waals surface area contributed by atoms with Crippen LogP contribution in [-0.2, 0) is 27.5 Å². The van der Waals surface area contributed by atoms with E-state index in [1.54, 1.807) is 0 Å². The topological polar surface area (TPSA) is 107 Å². The molecule has 2 aromatic rings. The van der Waals surface area contributed by atoms with Gasteiger partial charge in [0.2, 0.25) is 15.9 Å². The van der Waals surface area contributed by atoms with Gasteiger partial charge in [-0.15, -0.1) is 0 Å². The number of amides is 1. The monoisotopic (exact) mass is 433 g/mol. The van der Waals surface area contributed by atoms with Crippen LogP contribution >= 0.6 is 0 Å². The lowest BCUT2D eigenvalue weighted by molar-refractivity contribution is -0.139. The zero-order valence-corrected chi connectivity index (χ0v) is 16.2. The number of pyridine rings is 1. The van der Waals surface area contributed by atoms with Gasteiger partial charge in [0.05, 0.1) is 18.6 Å². The van der Waals surface area contributed by atoms with E-state index in [1.807, 2.05) is 0 Å². The van der Waals surface area contributed by atoms with Crippen molar-refractivity contribution in [3.63, 3.8) is 0 Å². The molecule has 0 radical (unpaired) electrons. The van der Waals surface area contributed by atoms with E-state index in [-0.39, 0.29) is 22.9 Å². The molecule has 0 aliphatic carbocycles. The maximum absolute atomic E-state index is 12.8. The molecule has 0 spiro atoms. The number of benzene rings is 1. The van der Waals surface area contributed by atoms with Gasteiger partial charge in [0, 0.05) is 18.0 Å². The zero-order valence-electron chi connectivity index (χ0n) is 15.4. The van der Waals surface area contributed by atoms with E-state index in [4.69, 9.17) is 4.74 Å². The van der Waals surface area contributed by atoms with Crippen LogP contribution in [0.3, 0.4) is 0 Å². The minimum Gasteiger partial charge on any atom is -0.494 e. The minimum atomic E-state index is -4.83. The average molecular weight is 433 g/mol. The Balaban J connectivity index is 2.19. The number of nitrogens with zero attached hydrogens (tertiary/aromatic N) is 1. The Morgan fingerprint density at radius 2 is 1.93 bits per heavy atom. The summed E-state index contributed by atoms with van der Waals surface area (Å²) in [5.74, 6) is -0.785. The SMILES string of the molecule is CCS(=O)(=O)Nc1ccc(NC(=O)Cn2cccc(C(F)(F)F)c2=O)cc1OC. The van der Waals surface area contributed by atoms with Crippen molar-refractivity contribution in [1.82, 2.24) is 4.57 Å². The number of alkyl halides is 3. The lowest BCUT2D eigenvalue weighted by Gasteiger charge is -2.14. The van der Waals surface area contributed by atoms with Crippen LogP contribution < -0.4 is 20.3 Å². The predicted octanol–water partition coefficient (Wildman–Crippen LogP) is 2.28. The number of methoxy groups -OCH3 is 1. The molecule has 0 aliphatic rings. The van der Waals surface area contributed by atoms with Gasteiger partial charge in [-0.05, 0) is 31.2 Å². The summed E-state index contributed by atoms with van der Waals surface area (Å²) < 4.78 is 69.8. The first kappa shape index (κ1) is 22.3. The van der Waals surface area contributed by atoms with Gasteiger partial charge in [-0.1, -0.05) is 0 Å². The summed E-state index contributed by atoms with van der Waals surface area (Å²) in [7, 11) is -2.25. The minimum absolute atomic E-state index is 0.121. The summed E-state index contributed by atoms with van der Waals surface area (Å²) in [4.78, 5) is 24.0. The Bertz CT molecular complexity index is 1060. The second-order valence-electron chi connectivity index (χ2n) is 5.82. The van der Waals surface area contributed by atoms with E-state index < -0.39 is 39.8 Å². The summed E-state index contributed by atoms with van der Waals surface area (Å²) >= 11 is 0. The van der Waals surface area contributed by atoms with Gasteiger partial charge in [0.1, 0.15) is 17.9 Å². The van der Waals surface area contributed by atoms with Crippen molar-refractivity contribution >= 4 is 27.3 Å². The number of sulfonamides is 1. The summed E-state index contributed by atoms with van der Waals surface area (Å²) in [6.45, 7) is 0.814. The van der Waals surface area contributed by atoms with Crippen LogP contribution in [0.15, 0.2) is 41.3 Å². The number of carbonyl (C=O) groups is 1. The predicted molar refractivity (Wildman–Crippen MR) is 100 cm³/mol. The first-order valence-electron chi connectivity index (χ1n) is 8.22. The van der Waals surface area contributed by atoms with Crippen LogP contribution in [0.1, 0.15) is 12.5 Å². The molecule has 0 fully saturated rings. The maximum atomic E-state index is 12.8. The summed E-state index contributed by atoms with van der Waals surface area (Å²) in [5.41, 5.74) is -2.35. The largest absolute Gasteiger partial charge is 0.494 e. The molecule has 1 aromatic carbocycles. The number of hydrogen-bond acceptors (Lipinski definition) is 5. The number of carbonyl (C=O) groups excluding carboxylic acids is 1. The second kappa shape index (κ2) is 8.55. The van der Waals surface area contributed by atoms with Crippen molar-refractivity contribution in [2.24, 2.45) is 0 Å². The van der Waals surface area contributed by atoms with Gasteiger partial charge >= 0.3 is 6.18 Å². The van der Waals surface area contributed by atoms with E-state index in [9.17, 15) is 31.2 Å². The van der Waals surface area contributed by atoms with Crippen molar-refractivity contribution in [3.8, 4) is 5.75 Å². The van der Waals surface area contributed by atoms with Crippen LogP contribution in [0.4, 0.5) is 24.5 Å². The molecule has 2 rings (SSSR count). The van der Waals surface area contributed by atoms with E-state index in [0.29, 0.717) is 10.6 Å². The molecule has 0 saturated carbocycles. The van der Waals surface area contributed by atoms with Crippen molar-refractivity contribution in [2.75, 3.05) is 22.9 Å². The second-order valence-corrected chi connectivity index (χ2v) is 7.83. The van der Waals surface area contributed by atoms with Gasteiger partial charge < -0.3 is 14.6 Å². The number of rotatable bonds is 7. The smallest absolute Gasteiger partial charge is 0.421 e. The van der Waals surface area contributed by atoms with E-state index >= 15 is 0 Å². The summed E-state index contributed by atoms with van der Waals surface area (Å²) in [5, 5.41) is 2.42. The van der Waals surface area contributed by atoms with E-state index in [1.165, 1.54) is 32.2 Å². The number of hydrogen-bond donors (Lipinski definition) is 2. The molecule has 12 heteroatoms. The van der Waals surface area contributed by atoms with Gasteiger partial charge in [-0.3, -0.25) is 14.3 Å². The summed E-state index contributed by atoms with van der Waals surface area (Å²) in [6, 6.07) is 5.73. The van der Waals surface area contributed by atoms with Gasteiger partial charge in [-0.25, -0.2) is 8.42 Å². The molecule has 0 bridgehead atoms. The Morgan fingerprint density at radius 3 is 2.52 bits per heavy atom. The lowest BCUT2D eigenvalue weighted by atomic mass is 10.2. The van der Waals surface area contributed by atoms with Crippen LogP contribution in [0.25, 0.3) is 0 Å². The molecule has 29 heavy (non-hydrogen) atoms. The van der Waals surface area contributed by atoms with Crippen LogP contribution in [0.2, 0.25) is 0 Å². The molecule has 1 heterocycles. The Kier molecular flexibility index (Phi) is 6.57. The van der Waals surface area contributed by atoms with Crippen molar-refractivity contribution < 1.29 is 31.1 Å². The number of halogens is 3. The molecule has 0 atom stereocenters. The average Bonchev–Trinajstić information content (AvgIpc) is 2.63. The molecule has 2 N–H and O–H groups in total. The fraction of sp³-hybridized carbons (Fsp3) is 0.294. The zero-order chi connectivity index (χ0) is 21.8. The standard InChI is InChI=1S/C17H18F3N3O5S/c1-3-29(26,27)22-13-7-6-11(9-14(13)28-2)21-15(24)10-23-8-4-5-12(16(23)25)17(18,19)20/h4-9,22H,3,10H2,1-2H3,(H,21,24). The third kappa shape index (κ3) is 5.73. The van der Waals surface area contributed by atoms with Crippen LogP contribution in [0, 0.1) is 0 Å². The fourth-order valence-electron chi connectivity index (χ4n) is 2.33. The molecule has 1 amide bonds. The maximum Gasteiger partial charge on any atom is 0.421 e. The normalized spacial score (nSPS) is 11.8. The van der Waals surface area contributed by atoms with Crippen LogP contribution in [-0.4, -0.2) is 31.8 Å². The number of nitrogens with one attached hydrogen (secondary N) is 2. The molecular weight excluding hydrogens is 415 g/mol. The molecule has 158 valence electrons. The Hall–Kier alpha value is -3.02. The van der Waals surface area contributed by atoms with Gasteiger partial charge in [0.25, 0.3) is 5.56 Å². The molecule has 0 unspecified atom stereocenters. The molecule has 1 aromatic heterocycles. The van der Waals surface area contributed by atoms with Crippen molar-refractivity contribution in [3.05, 3.63) is 52.4 Å². The Labute approximate surface area is 164 Å².